The summed E-state index contributed by atoms with van der Waals surface area (Å²) in [6.07, 6.45) is 3.04. The van der Waals surface area contributed by atoms with Crippen LogP contribution in [0.2, 0.25) is 0 Å². The molecule has 5 rings (SSSR count). The van der Waals surface area contributed by atoms with Crippen LogP contribution in [0.5, 0.6) is 0 Å². The summed E-state index contributed by atoms with van der Waals surface area (Å²) in [5, 5.41) is 15.9. The van der Waals surface area contributed by atoms with Gasteiger partial charge in [-0.25, -0.2) is 9.97 Å². The molecule has 23 nitrogen and oxygen atoms in total. The van der Waals surface area contributed by atoms with Crippen molar-refractivity contribution in [2.45, 2.75) is 31.5 Å². The Morgan fingerprint density at radius 1 is 0.615 bits per heavy atom. The van der Waals surface area contributed by atoms with E-state index < -0.39 is 59.1 Å². The second kappa shape index (κ2) is 20.9. The van der Waals surface area contributed by atoms with Gasteiger partial charge in [0.25, 0.3) is 29.5 Å². The number of hydrogen-bond donors (Lipinski definition) is 10. The number of nitrogens with one attached hydrogen (secondary N) is 8. The lowest BCUT2D eigenvalue weighted by molar-refractivity contribution is -0.138. The van der Waals surface area contributed by atoms with Gasteiger partial charge in [0.15, 0.2) is 0 Å². The van der Waals surface area contributed by atoms with Gasteiger partial charge in [0, 0.05) is 71.9 Å². The number of carbonyl (C=O) groups excluding carboxylic acids is 7. The molecule has 0 saturated carbocycles. The smallest absolute Gasteiger partial charge is 0.351 e. The number of aryl methyl sites for hydroxylation is 4. The van der Waals surface area contributed by atoms with Crippen LogP contribution in [0.4, 0.5) is 41.9 Å². The van der Waals surface area contributed by atoms with Crippen LogP contribution in [0.3, 0.4) is 0 Å². The predicted molar refractivity (Wildman–Crippen MR) is 229 cm³/mol. The minimum atomic E-state index is -4.69. The Morgan fingerprint density at radius 2 is 1.03 bits per heavy atom. The molecule has 0 fully saturated rings. The molecule has 0 aliphatic carbocycles. The fourth-order valence-electron chi connectivity index (χ4n) is 6.26. The molecular weight excluding hydrogens is 862 g/mol. The molecule has 5 aromatic heterocycles. The Balaban J connectivity index is 1.19. The Bertz CT molecular complexity index is 2580. The highest BCUT2D eigenvalue weighted by Gasteiger charge is 2.31. The molecule has 0 bridgehead atoms. The average Bonchev–Trinajstić information content (AvgIpc) is 4.02. The summed E-state index contributed by atoms with van der Waals surface area (Å²) in [5.41, 5.74) is 16.1. The number of hydrogen-bond acceptors (Lipinski definition) is 12. The van der Waals surface area contributed by atoms with E-state index in [9.17, 15) is 46.7 Å². The summed E-state index contributed by atoms with van der Waals surface area (Å²) in [6, 6.07) is 4.52. The summed E-state index contributed by atoms with van der Waals surface area (Å²) in [4.78, 5) is 96.7. The van der Waals surface area contributed by atoms with Crippen LogP contribution in [0, 0.1) is 0 Å². The van der Waals surface area contributed by atoms with E-state index in [1.165, 1.54) is 68.2 Å². The second-order valence-corrected chi connectivity index (χ2v) is 14.5. The fraction of sp³-hybridized carbons (Fsp3) is 0.308. The van der Waals surface area contributed by atoms with Gasteiger partial charge in [0.05, 0.1) is 41.4 Å². The molecule has 65 heavy (non-hydrogen) atoms. The highest BCUT2D eigenvalue weighted by atomic mass is 19.4. The third-order valence-electron chi connectivity index (χ3n) is 9.51. The zero-order chi connectivity index (χ0) is 47.6. The maximum atomic E-state index is 13.6. The van der Waals surface area contributed by atoms with Gasteiger partial charge in [0.1, 0.15) is 28.8 Å². The molecule has 0 aliphatic rings. The van der Waals surface area contributed by atoms with Crippen LogP contribution in [0.25, 0.3) is 0 Å². The molecule has 1 unspecified atom stereocenters. The van der Waals surface area contributed by atoms with E-state index in [4.69, 9.17) is 11.5 Å². The van der Waals surface area contributed by atoms with Crippen molar-refractivity contribution < 1.29 is 46.7 Å². The number of anilines is 5. The molecule has 5 heterocycles. The molecule has 0 spiro atoms. The Hall–Kier alpha value is -8.00. The number of unbranched alkanes of at least 4 members (excludes halogenated alkanes) is 1. The lowest BCUT2D eigenvalue weighted by atomic mass is 10.1. The van der Waals surface area contributed by atoms with E-state index in [-0.39, 0.29) is 66.9 Å². The van der Waals surface area contributed by atoms with Gasteiger partial charge in [-0.15, -0.1) is 0 Å². The van der Waals surface area contributed by atoms with Crippen LogP contribution >= 0.6 is 0 Å². The standard InChI is InChI=1S/C39H47F3N16O7/c1-55-19-24(50-35(63)28-9-22(17-56(28)2)48-31(59)13-43)11-27(55)34(62)45-8-6-5-7-26(33(61)53-54-38-46-15-21(16-47-38)39(40,41)42)52-37(65)30-12-25(20-58(30)4)51-36(64)29-10-23(18-57(29)3)49-32(60)14-44/h9-12,15-20,26H,5-8,13-14,43-44H2,1-4H3,(H,45,62)(H,48,59)(H,49,60)(H,50,63)(H,51,64)(H,52,65)(H,53,61)(H,46,47,54). The van der Waals surface area contributed by atoms with Crippen LogP contribution < -0.4 is 54.2 Å². The number of halogens is 3. The molecule has 26 heteroatoms. The largest absolute Gasteiger partial charge is 0.419 e. The zero-order valence-electron chi connectivity index (χ0n) is 35.4. The Kier molecular flexibility index (Phi) is 15.5. The minimum Gasteiger partial charge on any atom is -0.351 e. The number of hydrazine groups is 1. The Morgan fingerprint density at radius 3 is 1.46 bits per heavy atom. The van der Waals surface area contributed by atoms with Crippen molar-refractivity contribution in [1.29, 1.82) is 0 Å². The molecule has 12 N–H and O–H groups in total. The molecule has 0 radical (unpaired) electrons. The van der Waals surface area contributed by atoms with E-state index >= 15 is 0 Å². The van der Waals surface area contributed by atoms with Gasteiger partial charge in [-0.3, -0.25) is 44.4 Å². The monoisotopic (exact) mass is 908 g/mol. The molecule has 0 saturated heterocycles. The average molecular weight is 909 g/mol. The van der Waals surface area contributed by atoms with Crippen molar-refractivity contribution in [3.05, 3.63) is 89.8 Å². The second-order valence-electron chi connectivity index (χ2n) is 14.5. The third-order valence-corrected chi connectivity index (χ3v) is 9.51. The van der Waals surface area contributed by atoms with Crippen LogP contribution in [-0.2, 0) is 48.8 Å². The van der Waals surface area contributed by atoms with Crippen molar-refractivity contribution in [3.8, 4) is 0 Å². The first-order valence-electron chi connectivity index (χ1n) is 19.6. The topological polar surface area (TPSA) is 313 Å². The number of alkyl halides is 3. The maximum Gasteiger partial charge on any atom is 0.419 e. The normalized spacial score (nSPS) is 11.6. The van der Waals surface area contributed by atoms with Gasteiger partial charge < -0.3 is 61.6 Å². The fourth-order valence-corrected chi connectivity index (χ4v) is 6.26. The molecule has 1 atom stereocenters. The summed E-state index contributed by atoms with van der Waals surface area (Å²) < 4.78 is 44.9. The first-order valence-corrected chi connectivity index (χ1v) is 19.6. The zero-order valence-corrected chi connectivity index (χ0v) is 35.4. The van der Waals surface area contributed by atoms with E-state index in [2.05, 4.69) is 52.7 Å². The quantitative estimate of drug-likeness (QED) is 0.0410. The SMILES string of the molecule is Cn1cc(NC(=O)c2cc(NC(=O)CN)cn2C)cc1C(=O)NCCCCC(NC(=O)c1cc(NC(=O)c2cc(NC(=O)CN)cn2C)cn1C)C(=O)NNc1ncc(C(F)(F)F)cn1. The highest BCUT2D eigenvalue weighted by molar-refractivity contribution is 6.07. The first-order chi connectivity index (χ1) is 30.8. The number of nitrogens with two attached hydrogens (primary N) is 2. The third kappa shape index (κ3) is 12.8. The Labute approximate surface area is 367 Å². The molecule has 5 aromatic rings. The number of carbonyl (C=O) groups is 7. The number of aromatic nitrogens is 6. The summed E-state index contributed by atoms with van der Waals surface area (Å²) in [5.74, 6) is -4.31. The summed E-state index contributed by atoms with van der Waals surface area (Å²) in [6.45, 7) is -0.349. The van der Waals surface area contributed by atoms with Crippen molar-refractivity contribution >= 4 is 70.0 Å². The van der Waals surface area contributed by atoms with Crippen LogP contribution in [0.15, 0.2) is 61.4 Å². The van der Waals surface area contributed by atoms with Crippen molar-refractivity contribution in [2.75, 3.05) is 46.3 Å². The number of nitrogens with zero attached hydrogens (tertiary/aromatic N) is 6. The lowest BCUT2D eigenvalue weighted by Crippen LogP contribution is -2.48. The van der Waals surface area contributed by atoms with Crippen LogP contribution in [-0.4, -0.2) is 95.3 Å². The molecule has 0 aromatic carbocycles. The molecule has 7 amide bonds. The van der Waals surface area contributed by atoms with Gasteiger partial charge in [-0.2, -0.15) is 13.2 Å². The summed E-state index contributed by atoms with van der Waals surface area (Å²) in [7, 11) is 6.35. The van der Waals surface area contributed by atoms with Gasteiger partial charge in [-0.05, 0) is 43.5 Å². The number of rotatable bonds is 19. The molecule has 0 aliphatic heterocycles. The van der Waals surface area contributed by atoms with E-state index in [0.717, 1.165) is 0 Å². The van der Waals surface area contributed by atoms with Crippen LogP contribution in [0.1, 0.15) is 66.8 Å². The molecule has 346 valence electrons. The highest BCUT2D eigenvalue weighted by Crippen LogP contribution is 2.28. The molecular formula is C39H47F3N16O7. The van der Waals surface area contributed by atoms with Gasteiger partial charge >= 0.3 is 6.18 Å². The number of amides is 7. The van der Waals surface area contributed by atoms with Crippen molar-refractivity contribution in [3.63, 3.8) is 0 Å². The summed E-state index contributed by atoms with van der Waals surface area (Å²) >= 11 is 0. The lowest BCUT2D eigenvalue weighted by Gasteiger charge is -2.19. The minimum absolute atomic E-state index is 0.0185. The van der Waals surface area contributed by atoms with Crippen molar-refractivity contribution in [2.24, 2.45) is 39.7 Å². The van der Waals surface area contributed by atoms with E-state index in [0.29, 0.717) is 35.9 Å². The predicted octanol–water partition coefficient (Wildman–Crippen LogP) is 0.990. The first kappa shape index (κ1) is 48.0. The van der Waals surface area contributed by atoms with Gasteiger partial charge in [0.2, 0.25) is 17.8 Å². The van der Waals surface area contributed by atoms with E-state index in [1.807, 2.05) is 0 Å². The van der Waals surface area contributed by atoms with Crippen molar-refractivity contribution in [1.82, 2.24) is 44.3 Å². The van der Waals surface area contributed by atoms with E-state index in [1.54, 1.807) is 27.3 Å². The maximum absolute atomic E-state index is 13.6. The van der Waals surface area contributed by atoms with Gasteiger partial charge in [-0.1, -0.05) is 0 Å².